The summed E-state index contributed by atoms with van der Waals surface area (Å²) in [6, 6.07) is 25.2. The van der Waals surface area contributed by atoms with Gasteiger partial charge in [-0.15, -0.1) is 34.0 Å². The molecule has 6 N–H and O–H groups in total. The zero-order valence-electron chi connectivity index (χ0n) is 39.5. The predicted molar refractivity (Wildman–Crippen MR) is 279 cm³/mol. The van der Waals surface area contributed by atoms with E-state index in [-0.39, 0.29) is 45.2 Å². The van der Waals surface area contributed by atoms with Crippen LogP contribution < -0.4 is 48.4 Å². The van der Waals surface area contributed by atoms with Crippen LogP contribution in [0.3, 0.4) is 0 Å². The Labute approximate surface area is 431 Å². The van der Waals surface area contributed by atoms with Gasteiger partial charge in [0.25, 0.3) is 0 Å². The topological polar surface area (TPSA) is 283 Å². The molecule has 0 atom stereocenters. The number of carbonyl (C=O) groups is 5. The Bertz CT molecular complexity index is 3770. The number of carboxylic acid groups (broad SMARTS) is 1. The number of anilines is 6. The minimum atomic E-state index is -1.39. The third-order valence-electron chi connectivity index (χ3n) is 9.94. The normalized spacial score (nSPS) is 10.4. The second-order valence-corrected chi connectivity index (χ2v) is 18.0. The number of halogens is 3. The van der Waals surface area contributed by atoms with E-state index >= 15 is 0 Å². The Balaban J connectivity index is 0.000000174. The third-order valence-corrected chi connectivity index (χ3v) is 13.3. The number of ether oxygens (including phenoxy) is 2. The van der Waals surface area contributed by atoms with Crippen molar-refractivity contribution in [3.8, 4) is 0 Å². The number of urea groups is 2. The molecule has 0 aliphatic carbocycles. The molecular formula is C49H39F3N6O14S3. The highest BCUT2D eigenvalue weighted by Gasteiger charge is 2.22. The highest BCUT2D eigenvalue weighted by atomic mass is 32.1. The van der Waals surface area contributed by atoms with Crippen LogP contribution in [0, 0.1) is 17.5 Å². The minimum absolute atomic E-state index is 0.0279. The van der Waals surface area contributed by atoms with Gasteiger partial charge in [0.1, 0.15) is 44.1 Å². The fourth-order valence-electron chi connectivity index (χ4n) is 6.02. The number of nitrogens with one attached hydrogen (secondary N) is 3. The molecule has 9 aromatic rings. The highest BCUT2D eigenvalue weighted by Crippen LogP contribution is 2.34. The highest BCUT2D eigenvalue weighted by molar-refractivity contribution is 7.23. The third kappa shape index (κ3) is 13.4. The van der Waals surface area contributed by atoms with Crippen molar-refractivity contribution in [3.63, 3.8) is 0 Å². The summed E-state index contributed by atoms with van der Waals surface area (Å²) >= 11 is 3.59. The second-order valence-electron chi connectivity index (χ2n) is 14.8. The number of benzene rings is 3. The number of nitrogens with two attached hydrogens (primary N) is 1. The van der Waals surface area contributed by atoms with Gasteiger partial charge in [-0.1, -0.05) is 36.4 Å². The molecule has 0 radical (unpaired) electrons. The van der Waals surface area contributed by atoms with Crippen molar-refractivity contribution in [2.24, 2.45) is 0 Å². The van der Waals surface area contributed by atoms with Crippen molar-refractivity contribution < 1.29 is 65.0 Å². The molecular weight excluding hydrogens is 1050 g/mol. The SMILES string of the molecule is CN(C(=O)Nc1ccccc1F)c1cc2oc(=O)c(C(=O)O)cc2s1.CNc1cc2oc(=O)c(C(=O)OC)cc2s1.COC(=O)c1cc2sc(N(C)C(=O)Nc3ccccc3F)cc2oc1=O.Nc1ccccc1F. The number of rotatable bonds is 8. The Morgan fingerprint density at radius 1 is 0.560 bits per heavy atom. The summed E-state index contributed by atoms with van der Waals surface area (Å²) < 4.78 is 65.2. The molecule has 0 aliphatic rings. The molecule has 6 heterocycles. The molecule has 75 heavy (non-hydrogen) atoms. The van der Waals surface area contributed by atoms with E-state index in [4.69, 9.17) is 24.1 Å². The van der Waals surface area contributed by atoms with Crippen LogP contribution in [0.1, 0.15) is 31.1 Å². The number of carbonyl (C=O) groups excluding carboxylic acids is 4. The van der Waals surface area contributed by atoms with Crippen molar-refractivity contribution in [2.75, 3.05) is 66.8 Å². The molecule has 0 unspecified atom stereocenters. The molecule has 4 amide bonds. The Morgan fingerprint density at radius 2 is 0.933 bits per heavy atom. The van der Waals surface area contributed by atoms with Crippen LogP contribution in [0.5, 0.6) is 0 Å². The van der Waals surface area contributed by atoms with E-state index in [0.717, 1.165) is 39.5 Å². The van der Waals surface area contributed by atoms with Crippen LogP contribution in [-0.2, 0) is 9.47 Å². The number of thiophene rings is 3. The Morgan fingerprint density at radius 3 is 1.31 bits per heavy atom. The molecule has 0 bridgehead atoms. The molecule has 20 nitrogen and oxygen atoms in total. The van der Waals surface area contributed by atoms with Crippen LogP contribution in [0.4, 0.5) is 54.8 Å². The van der Waals surface area contributed by atoms with E-state index in [1.807, 2.05) is 0 Å². The lowest BCUT2D eigenvalue weighted by Crippen LogP contribution is -2.30. The number of hydrogen-bond acceptors (Lipinski definition) is 18. The maximum atomic E-state index is 13.7. The number of methoxy groups -OCH3 is 2. The number of fused-ring (bicyclic) bond motifs is 3. The van der Waals surface area contributed by atoms with E-state index in [1.165, 1.54) is 121 Å². The van der Waals surface area contributed by atoms with Crippen LogP contribution >= 0.6 is 34.0 Å². The fraction of sp³-hybridized carbons (Fsp3) is 0.102. The molecule has 0 fully saturated rings. The maximum absolute atomic E-state index is 13.7. The van der Waals surface area contributed by atoms with Crippen LogP contribution in [0.25, 0.3) is 30.8 Å². The summed E-state index contributed by atoms with van der Waals surface area (Å²) in [6.45, 7) is 0. The summed E-state index contributed by atoms with van der Waals surface area (Å²) in [5.41, 5.74) is 3.00. The number of para-hydroxylation sites is 3. The number of esters is 2. The van der Waals surface area contributed by atoms with Crippen molar-refractivity contribution >= 4 is 127 Å². The van der Waals surface area contributed by atoms with E-state index in [0.29, 0.717) is 25.0 Å². The summed E-state index contributed by atoms with van der Waals surface area (Å²) in [5, 5.41) is 18.5. The number of nitrogen functional groups attached to an aromatic ring is 1. The maximum Gasteiger partial charge on any atom is 0.351 e. The van der Waals surface area contributed by atoms with E-state index in [9.17, 15) is 51.5 Å². The molecule has 9 rings (SSSR count). The minimum Gasteiger partial charge on any atom is -0.477 e. The van der Waals surface area contributed by atoms with Gasteiger partial charge in [-0.05, 0) is 54.6 Å². The average Bonchev–Trinajstić information content (AvgIpc) is 4.13. The smallest absolute Gasteiger partial charge is 0.351 e. The average molecular weight is 1090 g/mol. The first-order valence-corrected chi connectivity index (χ1v) is 23.6. The molecule has 388 valence electrons. The summed E-state index contributed by atoms with van der Waals surface area (Å²) in [6.07, 6.45) is 0. The predicted octanol–water partition coefficient (Wildman–Crippen LogP) is 9.90. The first-order valence-electron chi connectivity index (χ1n) is 21.1. The number of hydrogen-bond donors (Lipinski definition) is 5. The van der Waals surface area contributed by atoms with Crippen molar-refractivity contribution in [1.29, 1.82) is 0 Å². The molecule has 3 aromatic carbocycles. The zero-order valence-corrected chi connectivity index (χ0v) is 41.9. The van der Waals surface area contributed by atoms with Crippen molar-refractivity contribution in [1.82, 2.24) is 0 Å². The van der Waals surface area contributed by atoms with Crippen LogP contribution in [0.15, 0.2) is 137 Å². The summed E-state index contributed by atoms with van der Waals surface area (Å²) in [4.78, 5) is 95.7. The summed E-state index contributed by atoms with van der Waals surface area (Å²) in [5.74, 6) is -4.36. The van der Waals surface area contributed by atoms with Crippen LogP contribution in [0.2, 0.25) is 0 Å². The molecule has 26 heteroatoms. The lowest BCUT2D eigenvalue weighted by Gasteiger charge is -2.16. The lowest BCUT2D eigenvalue weighted by atomic mass is 10.3. The Hall–Kier alpha value is -9.27. The van der Waals surface area contributed by atoms with Gasteiger partial charge in [0.2, 0.25) is 0 Å². The van der Waals surface area contributed by atoms with Gasteiger partial charge in [-0.3, -0.25) is 9.80 Å². The van der Waals surface area contributed by atoms with E-state index in [2.05, 4.69) is 25.4 Å². The molecule has 0 spiro atoms. The molecule has 0 saturated heterocycles. The number of amides is 4. The monoisotopic (exact) mass is 1090 g/mol. The standard InChI is InChI=1S/C17H13FN2O5S.C16H11FN2O5S.C10H9NO4S.C6H6FN/c1-20(17(23)19-11-6-4-3-5-10(11)18)14-8-12-13(26-14)7-9(15(21)24-2)16(22)25-12;1-19(16(23)18-10-5-3-2-4-9(10)17)13-7-11-12(25-13)6-8(14(20)21)15(22)24-11;1-11-8-4-6-7(16-8)3-5(9(12)14-2)10(13)15-6;7-5-3-1-2-4-6(5)8/h3-8H,1-2H3,(H,19,23);2-7H,1H3,(H,18,23)(H,20,21);3-4,11H,1-2H3;1-4H,8H2. The van der Waals surface area contributed by atoms with Gasteiger partial charge in [0.15, 0.2) is 16.7 Å². The molecule has 0 saturated carbocycles. The number of aromatic carboxylic acids is 1. The van der Waals surface area contributed by atoms with Crippen molar-refractivity contribution in [2.45, 2.75) is 0 Å². The van der Waals surface area contributed by atoms with Gasteiger partial charge in [-0.25, -0.2) is 51.5 Å². The zero-order chi connectivity index (χ0) is 54.7. The van der Waals surface area contributed by atoms with E-state index < -0.39 is 64.0 Å². The number of nitrogens with zero attached hydrogens (tertiary/aromatic N) is 2. The van der Waals surface area contributed by atoms with Gasteiger partial charge in [0, 0.05) is 39.3 Å². The van der Waals surface area contributed by atoms with Crippen molar-refractivity contribution in [3.05, 3.63) is 175 Å². The molecule has 6 aromatic heterocycles. The van der Waals surface area contributed by atoms with Crippen LogP contribution in [-0.4, -0.2) is 70.4 Å². The first kappa shape index (κ1) is 55.1. The van der Waals surface area contributed by atoms with Gasteiger partial charge >= 0.3 is 46.8 Å². The first-order chi connectivity index (χ1) is 35.7. The largest absolute Gasteiger partial charge is 0.477 e. The van der Waals surface area contributed by atoms with Gasteiger partial charge in [-0.2, -0.15) is 0 Å². The fourth-order valence-corrected chi connectivity index (χ4v) is 8.88. The quantitative estimate of drug-likeness (QED) is 0.0699. The number of carboxylic acids is 1. The van der Waals surface area contributed by atoms with Gasteiger partial charge in [0.05, 0.1) is 50.4 Å². The second kappa shape index (κ2) is 24.4. The Kier molecular flexibility index (Phi) is 17.9. The van der Waals surface area contributed by atoms with E-state index in [1.54, 1.807) is 37.4 Å². The van der Waals surface area contributed by atoms with Gasteiger partial charge < -0.3 is 49.5 Å². The lowest BCUT2D eigenvalue weighted by molar-refractivity contribution is 0.0587. The summed E-state index contributed by atoms with van der Waals surface area (Å²) in [7, 11) is 7.09. The molecule has 0 aliphatic heterocycles.